The third kappa shape index (κ3) is 2.84. The zero-order valence-electron chi connectivity index (χ0n) is 10.4. The van der Waals surface area contributed by atoms with E-state index in [1.807, 2.05) is 17.8 Å². The molecule has 1 N–H and O–H groups in total. The fourth-order valence-electron chi connectivity index (χ4n) is 1.98. The van der Waals surface area contributed by atoms with Gasteiger partial charge in [-0.2, -0.15) is 5.10 Å². The highest BCUT2D eigenvalue weighted by Crippen LogP contribution is 2.17. The van der Waals surface area contributed by atoms with Crippen molar-refractivity contribution in [3.05, 3.63) is 30.0 Å². The SMILES string of the molecule is COCCNCCc1nn(C)c2ccccc12. The molecule has 1 aromatic carbocycles. The first-order chi connectivity index (χ1) is 8.33. The molecule has 1 aromatic heterocycles. The van der Waals surface area contributed by atoms with E-state index in [-0.39, 0.29) is 0 Å². The maximum absolute atomic E-state index is 4.99. The lowest BCUT2D eigenvalue weighted by Crippen LogP contribution is -2.21. The molecule has 4 heteroatoms. The number of ether oxygens (including phenoxy) is 1. The molecular formula is C13H19N3O. The summed E-state index contributed by atoms with van der Waals surface area (Å²) in [5.41, 5.74) is 2.35. The van der Waals surface area contributed by atoms with Crippen LogP contribution in [0, 0.1) is 0 Å². The van der Waals surface area contributed by atoms with Gasteiger partial charge in [0.05, 0.1) is 17.8 Å². The van der Waals surface area contributed by atoms with E-state index < -0.39 is 0 Å². The van der Waals surface area contributed by atoms with Crippen LogP contribution in [0.5, 0.6) is 0 Å². The highest BCUT2D eigenvalue weighted by molar-refractivity contribution is 5.81. The molecular weight excluding hydrogens is 214 g/mol. The van der Waals surface area contributed by atoms with Crippen LogP contribution in [0.2, 0.25) is 0 Å². The Bertz CT molecular complexity index is 478. The summed E-state index contributed by atoms with van der Waals surface area (Å²) in [6, 6.07) is 8.34. The molecule has 2 aromatic rings. The first-order valence-corrected chi connectivity index (χ1v) is 5.93. The van der Waals surface area contributed by atoms with Gasteiger partial charge in [-0.1, -0.05) is 18.2 Å². The molecule has 2 rings (SSSR count). The smallest absolute Gasteiger partial charge is 0.0715 e. The second-order valence-corrected chi connectivity index (χ2v) is 4.08. The van der Waals surface area contributed by atoms with E-state index in [0.717, 1.165) is 31.8 Å². The molecule has 17 heavy (non-hydrogen) atoms. The fraction of sp³-hybridized carbons (Fsp3) is 0.462. The summed E-state index contributed by atoms with van der Waals surface area (Å²) in [6.07, 6.45) is 0.949. The van der Waals surface area contributed by atoms with Gasteiger partial charge in [0.1, 0.15) is 0 Å². The molecule has 0 bridgehead atoms. The first-order valence-electron chi connectivity index (χ1n) is 5.93. The van der Waals surface area contributed by atoms with Crippen LogP contribution in [-0.2, 0) is 18.2 Å². The van der Waals surface area contributed by atoms with Crippen LogP contribution in [-0.4, -0.2) is 36.6 Å². The van der Waals surface area contributed by atoms with E-state index >= 15 is 0 Å². The third-order valence-electron chi connectivity index (χ3n) is 2.86. The van der Waals surface area contributed by atoms with Crippen molar-refractivity contribution in [2.75, 3.05) is 26.8 Å². The summed E-state index contributed by atoms with van der Waals surface area (Å²) in [5, 5.41) is 9.14. The van der Waals surface area contributed by atoms with Crippen LogP contribution in [0.25, 0.3) is 10.9 Å². The van der Waals surface area contributed by atoms with Crippen molar-refractivity contribution in [1.29, 1.82) is 0 Å². The van der Waals surface area contributed by atoms with E-state index in [9.17, 15) is 0 Å². The molecule has 0 atom stereocenters. The maximum atomic E-state index is 4.99. The fourth-order valence-corrected chi connectivity index (χ4v) is 1.98. The van der Waals surface area contributed by atoms with Crippen molar-refractivity contribution < 1.29 is 4.74 Å². The van der Waals surface area contributed by atoms with Gasteiger partial charge >= 0.3 is 0 Å². The van der Waals surface area contributed by atoms with Gasteiger partial charge in [0.2, 0.25) is 0 Å². The lowest BCUT2D eigenvalue weighted by atomic mass is 10.2. The number of rotatable bonds is 6. The predicted molar refractivity (Wildman–Crippen MR) is 69.2 cm³/mol. The van der Waals surface area contributed by atoms with Gasteiger partial charge in [0.15, 0.2) is 0 Å². The molecule has 0 fully saturated rings. The Morgan fingerprint density at radius 1 is 1.29 bits per heavy atom. The second-order valence-electron chi connectivity index (χ2n) is 4.08. The average Bonchev–Trinajstić information content (AvgIpc) is 2.67. The summed E-state index contributed by atoms with van der Waals surface area (Å²) in [7, 11) is 3.71. The molecule has 0 saturated carbocycles. The number of nitrogens with one attached hydrogen (secondary N) is 1. The maximum Gasteiger partial charge on any atom is 0.0715 e. The summed E-state index contributed by atoms with van der Waals surface area (Å²) in [5.74, 6) is 0. The highest BCUT2D eigenvalue weighted by Gasteiger charge is 2.06. The van der Waals surface area contributed by atoms with Crippen LogP contribution in [0.15, 0.2) is 24.3 Å². The molecule has 0 aliphatic carbocycles. The Balaban J connectivity index is 1.99. The number of aryl methyl sites for hydroxylation is 1. The Morgan fingerprint density at radius 3 is 2.94 bits per heavy atom. The minimum Gasteiger partial charge on any atom is -0.383 e. The third-order valence-corrected chi connectivity index (χ3v) is 2.86. The summed E-state index contributed by atoms with van der Waals surface area (Å²) in [4.78, 5) is 0. The van der Waals surface area contributed by atoms with E-state index in [2.05, 4.69) is 28.6 Å². The molecule has 1 heterocycles. The highest BCUT2D eigenvalue weighted by atomic mass is 16.5. The topological polar surface area (TPSA) is 39.1 Å². The Morgan fingerprint density at radius 2 is 2.12 bits per heavy atom. The molecule has 0 saturated heterocycles. The van der Waals surface area contributed by atoms with Gasteiger partial charge < -0.3 is 10.1 Å². The molecule has 4 nitrogen and oxygen atoms in total. The first kappa shape index (κ1) is 12.1. The quantitative estimate of drug-likeness (QED) is 0.766. The molecule has 0 amide bonds. The number of benzene rings is 1. The van der Waals surface area contributed by atoms with E-state index in [0.29, 0.717) is 0 Å². The molecule has 0 aliphatic heterocycles. The van der Waals surface area contributed by atoms with Crippen molar-refractivity contribution >= 4 is 10.9 Å². The molecule has 92 valence electrons. The van der Waals surface area contributed by atoms with Crippen LogP contribution in [0.3, 0.4) is 0 Å². The second kappa shape index (κ2) is 5.80. The molecule has 0 spiro atoms. The van der Waals surface area contributed by atoms with Crippen LogP contribution < -0.4 is 5.32 Å². The molecule has 0 aliphatic rings. The monoisotopic (exact) mass is 233 g/mol. The number of aromatic nitrogens is 2. The van der Waals surface area contributed by atoms with Gasteiger partial charge in [-0.15, -0.1) is 0 Å². The number of fused-ring (bicyclic) bond motifs is 1. The summed E-state index contributed by atoms with van der Waals surface area (Å²) in [6.45, 7) is 2.58. The number of nitrogens with zero attached hydrogens (tertiary/aromatic N) is 2. The zero-order chi connectivity index (χ0) is 12.1. The van der Waals surface area contributed by atoms with Gasteiger partial charge in [-0.25, -0.2) is 0 Å². The largest absolute Gasteiger partial charge is 0.383 e. The van der Waals surface area contributed by atoms with E-state index in [1.54, 1.807) is 7.11 Å². The van der Waals surface area contributed by atoms with E-state index in [1.165, 1.54) is 10.9 Å². The number of para-hydroxylation sites is 1. The molecule has 0 radical (unpaired) electrons. The van der Waals surface area contributed by atoms with Gasteiger partial charge in [0.25, 0.3) is 0 Å². The summed E-state index contributed by atoms with van der Waals surface area (Å²) >= 11 is 0. The minimum atomic E-state index is 0.753. The lowest BCUT2D eigenvalue weighted by molar-refractivity contribution is 0.199. The van der Waals surface area contributed by atoms with Crippen LogP contribution in [0.4, 0.5) is 0 Å². The average molecular weight is 233 g/mol. The number of methoxy groups -OCH3 is 1. The Hall–Kier alpha value is -1.39. The normalized spacial score (nSPS) is 11.2. The zero-order valence-corrected chi connectivity index (χ0v) is 10.4. The van der Waals surface area contributed by atoms with Gasteiger partial charge in [0, 0.05) is 39.1 Å². The van der Waals surface area contributed by atoms with Crippen molar-refractivity contribution in [2.45, 2.75) is 6.42 Å². The molecule has 0 unspecified atom stereocenters. The lowest BCUT2D eigenvalue weighted by Gasteiger charge is -2.02. The van der Waals surface area contributed by atoms with Crippen LogP contribution >= 0.6 is 0 Å². The van der Waals surface area contributed by atoms with Crippen molar-refractivity contribution in [1.82, 2.24) is 15.1 Å². The van der Waals surface area contributed by atoms with Crippen molar-refractivity contribution in [2.24, 2.45) is 7.05 Å². The minimum absolute atomic E-state index is 0.753. The van der Waals surface area contributed by atoms with E-state index in [4.69, 9.17) is 4.74 Å². The summed E-state index contributed by atoms with van der Waals surface area (Å²) < 4.78 is 6.93. The van der Waals surface area contributed by atoms with Crippen molar-refractivity contribution in [3.63, 3.8) is 0 Å². The number of hydrogen-bond acceptors (Lipinski definition) is 3. The number of hydrogen-bond donors (Lipinski definition) is 1. The Labute approximate surface area is 102 Å². The Kier molecular flexibility index (Phi) is 4.12. The predicted octanol–water partition coefficient (Wildman–Crippen LogP) is 1.35. The van der Waals surface area contributed by atoms with Gasteiger partial charge in [-0.3, -0.25) is 4.68 Å². The van der Waals surface area contributed by atoms with Gasteiger partial charge in [-0.05, 0) is 6.07 Å². The van der Waals surface area contributed by atoms with Crippen molar-refractivity contribution in [3.8, 4) is 0 Å². The van der Waals surface area contributed by atoms with Crippen LogP contribution in [0.1, 0.15) is 5.69 Å². The standard InChI is InChI=1S/C13H19N3O/c1-16-13-6-4-3-5-11(13)12(15-16)7-8-14-9-10-17-2/h3-6,14H,7-10H2,1-2H3.